The lowest BCUT2D eigenvalue weighted by molar-refractivity contribution is 0.263. The average Bonchev–Trinajstić information content (AvgIpc) is 2.66. The predicted molar refractivity (Wildman–Crippen MR) is 62.3 cm³/mol. The number of amidine groups is 1. The quantitative estimate of drug-likeness (QED) is 0.694. The molecule has 2 aliphatic rings. The summed E-state index contributed by atoms with van der Waals surface area (Å²) in [4.78, 5) is 6.94. The Morgan fingerprint density at radius 1 is 1.33 bits per heavy atom. The molecule has 0 saturated heterocycles. The number of fused-ring (bicyclic) bond motifs is 3. The van der Waals surface area contributed by atoms with Crippen LogP contribution < -0.4 is 5.32 Å². The molecule has 0 aliphatic carbocycles. The van der Waals surface area contributed by atoms with Gasteiger partial charge in [-0.1, -0.05) is 12.1 Å². The lowest BCUT2D eigenvalue weighted by atomic mass is 10.0. The molecule has 0 amide bonds. The van der Waals surface area contributed by atoms with Gasteiger partial charge in [0.25, 0.3) is 0 Å². The van der Waals surface area contributed by atoms with Crippen LogP contribution in [-0.4, -0.2) is 29.5 Å². The molecule has 0 saturated carbocycles. The van der Waals surface area contributed by atoms with Gasteiger partial charge in [0.15, 0.2) is 0 Å². The summed E-state index contributed by atoms with van der Waals surface area (Å²) in [5.41, 5.74) is 2.40. The van der Waals surface area contributed by atoms with Crippen molar-refractivity contribution in [3.8, 4) is 0 Å². The van der Waals surface area contributed by atoms with Crippen molar-refractivity contribution in [1.29, 1.82) is 0 Å². The van der Waals surface area contributed by atoms with Crippen molar-refractivity contribution in [1.82, 2.24) is 4.90 Å². The molecule has 3 heteroatoms. The Morgan fingerprint density at radius 2 is 2.13 bits per heavy atom. The second-order valence-corrected chi connectivity index (χ2v) is 4.59. The third-order valence-electron chi connectivity index (χ3n) is 3.12. The monoisotopic (exact) mass is 201 g/mol. The average molecular weight is 201 g/mol. The van der Waals surface area contributed by atoms with E-state index in [1.807, 2.05) is 0 Å². The summed E-state index contributed by atoms with van der Waals surface area (Å²) in [7, 11) is 0. The molecule has 2 heterocycles. The first kappa shape index (κ1) is 8.77. The molecule has 0 aromatic heterocycles. The standard InChI is InChI=1S/C12H15N3/c1-12(2)14-10-6-4-3-5-9(10)11-13-7-8-15(11)12/h3-6,14H,7-8H2,1-2H3. The van der Waals surface area contributed by atoms with E-state index in [-0.39, 0.29) is 5.66 Å². The van der Waals surface area contributed by atoms with Gasteiger partial charge < -0.3 is 10.2 Å². The summed E-state index contributed by atoms with van der Waals surface area (Å²) in [6, 6.07) is 8.38. The highest BCUT2D eigenvalue weighted by molar-refractivity contribution is 6.06. The number of nitrogens with zero attached hydrogens (tertiary/aromatic N) is 2. The first-order valence-electron chi connectivity index (χ1n) is 5.38. The lowest BCUT2D eigenvalue weighted by Crippen LogP contribution is -2.54. The molecule has 0 fully saturated rings. The minimum Gasteiger partial charge on any atom is -0.362 e. The molecular formula is C12H15N3. The van der Waals surface area contributed by atoms with Gasteiger partial charge in [0.2, 0.25) is 0 Å². The number of hydrogen-bond acceptors (Lipinski definition) is 3. The molecule has 0 unspecified atom stereocenters. The molecule has 0 radical (unpaired) electrons. The van der Waals surface area contributed by atoms with Gasteiger partial charge in [0, 0.05) is 17.8 Å². The van der Waals surface area contributed by atoms with Crippen LogP contribution in [0.2, 0.25) is 0 Å². The fourth-order valence-electron chi connectivity index (χ4n) is 2.41. The summed E-state index contributed by atoms with van der Waals surface area (Å²) in [6.45, 7) is 6.33. The van der Waals surface area contributed by atoms with Crippen LogP contribution in [0.1, 0.15) is 19.4 Å². The molecule has 0 bridgehead atoms. The van der Waals surface area contributed by atoms with Crippen LogP contribution in [0, 0.1) is 0 Å². The molecular weight excluding hydrogens is 186 g/mol. The Labute approximate surface area is 89.8 Å². The zero-order chi connectivity index (χ0) is 10.5. The van der Waals surface area contributed by atoms with E-state index >= 15 is 0 Å². The van der Waals surface area contributed by atoms with E-state index in [4.69, 9.17) is 0 Å². The van der Waals surface area contributed by atoms with E-state index in [0.717, 1.165) is 18.9 Å². The van der Waals surface area contributed by atoms with Gasteiger partial charge in [-0.2, -0.15) is 0 Å². The van der Waals surface area contributed by atoms with Crippen molar-refractivity contribution in [3.05, 3.63) is 29.8 Å². The van der Waals surface area contributed by atoms with Crippen molar-refractivity contribution in [3.63, 3.8) is 0 Å². The zero-order valence-electron chi connectivity index (χ0n) is 9.12. The Hall–Kier alpha value is -1.51. The minimum absolute atomic E-state index is 0.0241. The van der Waals surface area contributed by atoms with Gasteiger partial charge in [-0.3, -0.25) is 4.99 Å². The number of hydrogen-bond donors (Lipinski definition) is 1. The topological polar surface area (TPSA) is 27.6 Å². The molecule has 3 rings (SSSR count). The van der Waals surface area contributed by atoms with Crippen LogP contribution in [0.5, 0.6) is 0 Å². The summed E-state index contributed by atoms with van der Waals surface area (Å²) in [5.74, 6) is 1.15. The summed E-state index contributed by atoms with van der Waals surface area (Å²) in [5, 5.41) is 3.55. The second-order valence-electron chi connectivity index (χ2n) is 4.59. The minimum atomic E-state index is -0.0241. The summed E-state index contributed by atoms with van der Waals surface area (Å²) < 4.78 is 0. The van der Waals surface area contributed by atoms with E-state index in [1.54, 1.807) is 0 Å². The largest absolute Gasteiger partial charge is 0.362 e. The van der Waals surface area contributed by atoms with Crippen LogP contribution >= 0.6 is 0 Å². The third kappa shape index (κ3) is 1.16. The molecule has 0 atom stereocenters. The van der Waals surface area contributed by atoms with Crippen LogP contribution in [0.4, 0.5) is 5.69 Å². The number of benzene rings is 1. The highest BCUT2D eigenvalue weighted by atomic mass is 15.4. The molecule has 1 aromatic carbocycles. The van der Waals surface area contributed by atoms with Crippen LogP contribution in [-0.2, 0) is 0 Å². The van der Waals surface area contributed by atoms with E-state index < -0.39 is 0 Å². The number of aliphatic imine (C=N–C) groups is 1. The summed E-state index contributed by atoms with van der Waals surface area (Å²) >= 11 is 0. The number of anilines is 1. The predicted octanol–water partition coefficient (Wildman–Crippen LogP) is 1.91. The zero-order valence-corrected chi connectivity index (χ0v) is 9.12. The Bertz CT molecular complexity index is 434. The van der Waals surface area contributed by atoms with E-state index in [0.29, 0.717) is 0 Å². The number of nitrogens with one attached hydrogen (secondary N) is 1. The first-order valence-corrected chi connectivity index (χ1v) is 5.38. The Balaban J connectivity index is 2.18. The molecule has 1 aromatic rings. The highest BCUT2D eigenvalue weighted by Gasteiger charge is 2.37. The Morgan fingerprint density at radius 3 is 3.00 bits per heavy atom. The van der Waals surface area contributed by atoms with Gasteiger partial charge in [-0.15, -0.1) is 0 Å². The maximum Gasteiger partial charge on any atom is 0.134 e. The van der Waals surface area contributed by atoms with Gasteiger partial charge in [0.05, 0.1) is 6.54 Å². The van der Waals surface area contributed by atoms with Crippen molar-refractivity contribution >= 4 is 11.5 Å². The van der Waals surface area contributed by atoms with Crippen molar-refractivity contribution in [2.45, 2.75) is 19.5 Å². The second kappa shape index (κ2) is 2.75. The lowest BCUT2D eigenvalue weighted by Gasteiger charge is -2.43. The maximum atomic E-state index is 4.60. The van der Waals surface area contributed by atoms with Gasteiger partial charge in [-0.05, 0) is 26.0 Å². The molecule has 0 spiro atoms. The molecule has 2 aliphatic heterocycles. The van der Waals surface area contributed by atoms with E-state index in [1.165, 1.54) is 11.3 Å². The maximum absolute atomic E-state index is 4.60. The SMILES string of the molecule is CC1(C)Nc2ccccc2C2=NCCN21. The van der Waals surface area contributed by atoms with Gasteiger partial charge >= 0.3 is 0 Å². The fraction of sp³-hybridized carbons (Fsp3) is 0.417. The van der Waals surface area contributed by atoms with Crippen LogP contribution in [0.15, 0.2) is 29.3 Å². The smallest absolute Gasteiger partial charge is 0.134 e. The van der Waals surface area contributed by atoms with Crippen LogP contribution in [0.25, 0.3) is 0 Å². The van der Waals surface area contributed by atoms with Crippen molar-refractivity contribution < 1.29 is 0 Å². The molecule has 78 valence electrons. The van der Waals surface area contributed by atoms with E-state index in [9.17, 15) is 0 Å². The van der Waals surface area contributed by atoms with Gasteiger partial charge in [0.1, 0.15) is 11.5 Å². The van der Waals surface area contributed by atoms with Crippen LogP contribution in [0.3, 0.4) is 0 Å². The first-order chi connectivity index (χ1) is 7.18. The Kier molecular flexibility index (Phi) is 1.61. The van der Waals surface area contributed by atoms with E-state index in [2.05, 4.69) is 53.3 Å². The molecule has 3 nitrogen and oxygen atoms in total. The third-order valence-corrected chi connectivity index (χ3v) is 3.12. The normalized spacial score (nSPS) is 21.5. The van der Waals surface area contributed by atoms with Crippen molar-refractivity contribution in [2.24, 2.45) is 4.99 Å². The summed E-state index contributed by atoms with van der Waals surface area (Å²) in [6.07, 6.45) is 0. The molecule has 1 N–H and O–H groups in total. The fourth-order valence-corrected chi connectivity index (χ4v) is 2.41. The molecule has 15 heavy (non-hydrogen) atoms. The number of rotatable bonds is 0. The highest BCUT2D eigenvalue weighted by Crippen LogP contribution is 2.32. The van der Waals surface area contributed by atoms with Crippen molar-refractivity contribution in [2.75, 3.05) is 18.4 Å². The number of para-hydroxylation sites is 1. The van der Waals surface area contributed by atoms with Gasteiger partial charge in [-0.25, -0.2) is 0 Å².